The van der Waals surface area contributed by atoms with Crippen LogP contribution in [0.5, 0.6) is 0 Å². The van der Waals surface area contributed by atoms with Crippen LogP contribution >= 0.6 is 22.9 Å². The van der Waals surface area contributed by atoms with E-state index in [1.54, 1.807) is 0 Å². The Morgan fingerprint density at radius 3 is 2.56 bits per heavy atom. The molecule has 1 aromatic rings. The highest BCUT2D eigenvalue weighted by atomic mass is 35.5. The summed E-state index contributed by atoms with van der Waals surface area (Å²) in [5, 5.41) is 11.3. The summed E-state index contributed by atoms with van der Waals surface area (Å²) in [6.45, 7) is 3.37. The first-order valence-electron chi connectivity index (χ1n) is 5.72. The predicted octanol–water partition coefficient (Wildman–Crippen LogP) is 2.79. The van der Waals surface area contributed by atoms with Crippen LogP contribution in [0, 0.1) is 6.92 Å². The molecule has 18 heavy (non-hydrogen) atoms. The number of hydrogen-bond donors (Lipinski definition) is 1. The summed E-state index contributed by atoms with van der Waals surface area (Å²) < 4.78 is 0. The summed E-state index contributed by atoms with van der Waals surface area (Å²) in [5.41, 5.74) is 0.851. The normalized spacial score (nSPS) is 16.4. The molecule has 2 rings (SSSR count). The molecule has 0 radical (unpaired) electrons. The zero-order valence-electron chi connectivity index (χ0n) is 10.1. The Kier molecular flexibility index (Phi) is 3.64. The molecule has 1 amide bonds. The summed E-state index contributed by atoms with van der Waals surface area (Å²) in [6.07, 6.45) is 1.73. The van der Waals surface area contributed by atoms with Gasteiger partial charge < -0.3 is 10.0 Å². The molecule has 4 nitrogen and oxygen atoms in total. The minimum absolute atomic E-state index is 0.0436. The standard InChI is InChI=1S/C12H14ClNO3S/c1-6-5-18-10(9(6)13)11(15)14(8-3-4-8)7(2)12(16)17/h5,7-8H,3-4H2,1-2H3,(H,16,17). The highest BCUT2D eigenvalue weighted by molar-refractivity contribution is 7.13. The van der Waals surface area contributed by atoms with Crippen LogP contribution in [0.1, 0.15) is 35.0 Å². The Balaban J connectivity index is 2.29. The molecule has 1 heterocycles. The molecule has 98 valence electrons. The Labute approximate surface area is 114 Å². The van der Waals surface area contributed by atoms with Gasteiger partial charge in [-0.05, 0) is 37.6 Å². The molecule has 0 aromatic carbocycles. The van der Waals surface area contributed by atoms with Crippen molar-refractivity contribution in [1.82, 2.24) is 4.90 Å². The third kappa shape index (κ3) is 2.37. The fourth-order valence-corrected chi connectivity index (χ4v) is 3.04. The number of hydrogen-bond acceptors (Lipinski definition) is 3. The summed E-state index contributed by atoms with van der Waals surface area (Å²) in [6, 6.07) is -0.773. The molecular weight excluding hydrogens is 274 g/mol. The molecule has 1 aromatic heterocycles. The maximum atomic E-state index is 12.4. The van der Waals surface area contributed by atoms with Crippen molar-refractivity contribution in [3.05, 3.63) is 20.8 Å². The van der Waals surface area contributed by atoms with Gasteiger partial charge in [-0.2, -0.15) is 0 Å². The van der Waals surface area contributed by atoms with Crippen molar-refractivity contribution in [2.45, 2.75) is 38.8 Å². The summed E-state index contributed by atoms with van der Waals surface area (Å²) in [5.74, 6) is -1.25. The van der Waals surface area contributed by atoms with Crippen molar-refractivity contribution in [3.8, 4) is 0 Å². The number of nitrogens with zero attached hydrogens (tertiary/aromatic N) is 1. The second kappa shape index (κ2) is 4.90. The molecule has 0 saturated heterocycles. The number of aryl methyl sites for hydroxylation is 1. The van der Waals surface area contributed by atoms with Crippen molar-refractivity contribution in [1.29, 1.82) is 0 Å². The summed E-state index contributed by atoms with van der Waals surface area (Å²) >= 11 is 7.34. The van der Waals surface area contributed by atoms with Crippen LogP contribution in [0.4, 0.5) is 0 Å². The maximum Gasteiger partial charge on any atom is 0.326 e. The van der Waals surface area contributed by atoms with Crippen molar-refractivity contribution >= 4 is 34.8 Å². The van der Waals surface area contributed by atoms with Crippen LogP contribution in [-0.2, 0) is 4.79 Å². The van der Waals surface area contributed by atoms with E-state index >= 15 is 0 Å². The van der Waals surface area contributed by atoms with Gasteiger partial charge in [-0.1, -0.05) is 11.6 Å². The molecule has 1 atom stereocenters. The van der Waals surface area contributed by atoms with Crippen molar-refractivity contribution in [2.24, 2.45) is 0 Å². The second-order valence-corrected chi connectivity index (χ2v) is 5.78. The fourth-order valence-electron chi connectivity index (χ4n) is 1.82. The molecule has 1 unspecified atom stereocenters. The van der Waals surface area contributed by atoms with E-state index in [0.29, 0.717) is 9.90 Å². The number of halogens is 1. The van der Waals surface area contributed by atoms with Crippen molar-refractivity contribution < 1.29 is 14.7 Å². The van der Waals surface area contributed by atoms with Gasteiger partial charge in [0.2, 0.25) is 0 Å². The van der Waals surface area contributed by atoms with Gasteiger partial charge in [0.25, 0.3) is 5.91 Å². The molecule has 1 aliphatic carbocycles. The average molecular weight is 288 g/mol. The number of rotatable bonds is 4. The van der Waals surface area contributed by atoms with Crippen LogP contribution in [-0.4, -0.2) is 34.0 Å². The van der Waals surface area contributed by atoms with Gasteiger partial charge in [0.1, 0.15) is 10.9 Å². The molecule has 0 spiro atoms. The van der Waals surface area contributed by atoms with Gasteiger partial charge in [-0.25, -0.2) is 4.79 Å². The number of carboxylic acids is 1. The Morgan fingerprint density at radius 2 is 2.17 bits per heavy atom. The van der Waals surface area contributed by atoms with Gasteiger partial charge in [-0.15, -0.1) is 11.3 Å². The molecule has 6 heteroatoms. The Hall–Kier alpha value is -1.07. The van der Waals surface area contributed by atoms with Crippen LogP contribution in [0.25, 0.3) is 0 Å². The minimum atomic E-state index is -0.986. The third-order valence-corrected chi connectivity index (χ3v) is 4.73. The van der Waals surface area contributed by atoms with Crippen molar-refractivity contribution in [2.75, 3.05) is 0 Å². The quantitative estimate of drug-likeness (QED) is 0.926. The van der Waals surface area contributed by atoms with Gasteiger partial charge in [0.05, 0.1) is 5.02 Å². The van der Waals surface area contributed by atoms with Crippen LogP contribution in [0.15, 0.2) is 5.38 Å². The Morgan fingerprint density at radius 1 is 1.56 bits per heavy atom. The lowest BCUT2D eigenvalue weighted by molar-refractivity contribution is -0.141. The monoisotopic (exact) mass is 287 g/mol. The molecule has 1 saturated carbocycles. The average Bonchev–Trinajstić information content (AvgIpc) is 3.07. The number of thiophene rings is 1. The summed E-state index contributed by atoms with van der Waals surface area (Å²) in [4.78, 5) is 25.4. The number of carbonyl (C=O) groups excluding carboxylic acids is 1. The van der Waals surface area contributed by atoms with E-state index < -0.39 is 12.0 Å². The molecule has 1 fully saturated rings. The van der Waals surface area contributed by atoms with Gasteiger partial charge >= 0.3 is 5.97 Å². The van der Waals surface area contributed by atoms with Crippen LogP contribution in [0.2, 0.25) is 5.02 Å². The highest BCUT2D eigenvalue weighted by Crippen LogP contribution is 2.34. The van der Waals surface area contributed by atoms with Crippen molar-refractivity contribution in [3.63, 3.8) is 0 Å². The van der Waals surface area contributed by atoms with E-state index in [0.717, 1.165) is 18.4 Å². The number of carbonyl (C=O) groups is 2. The lowest BCUT2D eigenvalue weighted by Gasteiger charge is -2.26. The van der Waals surface area contributed by atoms with E-state index in [1.807, 2.05) is 12.3 Å². The number of carboxylic acid groups (broad SMARTS) is 1. The van der Waals surface area contributed by atoms with Crippen LogP contribution < -0.4 is 0 Å². The van der Waals surface area contributed by atoms with E-state index in [-0.39, 0.29) is 11.9 Å². The molecule has 0 aliphatic heterocycles. The molecular formula is C12H14ClNO3S. The van der Waals surface area contributed by atoms with E-state index in [4.69, 9.17) is 16.7 Å². The largest absolute Gasteiger partial charge is 0.480 e. The highest BCUT2D eigenvalue weighted by Gasteiger charge is 2.39. The predicted molar refractivity (Wildman–Crippen MR) is 70.4 cm³/mol. The van der Waals surface area contributed by atoms with E-state index in [2.05, 4.69) is 0 Å². The fraction of sp³-hybridized carbons (Fsp3) is 0.500. The number of aliphatic carboxylic acids is 1. The lowest BCUT2D eigenvalue weighted by atomic mass is 10.2. The van der Waals surface area contributed by atoms with Gasteiger partial charge in [0.15, 0.2) is 0 Å². The van der Waals surface area contributed by atoms with Crippen LogP contribution in [0.3, 0.4) is 0 Å². The second-order valence-electron chi connectivity index (χ2n) is 4.52. The zero-order chi connectivity index (χ0) is 13.4. The third-order valence-electron chi connectivity index (χ3n) is 3.04. The van der Waals surface area contributed by atoms with E-state index in [1.165, 1.54) is 23.2 Å². The molecule has 1 aliphatic rings. The molecule has 1 N–H and O–H groups in total. The zero-order valence-corrected chi connectivity index (χ0v) is 11.7. The molecule has 0 bridgehead atoms. The topological polar surface area (TPSA) is 57.6 Å². The van der Waals surface area contributed by atoms with Gasteiger partial charge in [0, 0.05) is 6.04 Å². The maximum absolute atomic E-state index is 12.4. The first-order chi connectivity index (χ1) is 8.43. The smallest absolute Gasteiger partial charge is 0.326 e. The first kappa shape index (κ1) is 13.4. The van der Waals surface area contributed by atoms with Gasteiger partial charge in [-0.3, -0.25) is 4.79 Å². The lowest BCUT2D eigenvalue weighted by Crippen LogP contribution is -2.44. The first-order valence-corrected chi connectivity index (χ1v) is 6.98. The summed E-state index contributed by atoms with van der Waals surface area (Å²) in [7, 11) is 0. The van der Waals surface area contributed by atoms with E-state index in [9.17, 15) is 9.59 Å². The minimum Gasteiger partial charge on any atom is -0.480 e. The number of amides is 1. The SMILES string of the molecule is Cc1csc(C(=O)N(C2CC2)C(C)C(=O)O)c1Cl. The Bertz CT molecular complexity index is 496.